The van der Waals surface area contributed by atoms with Crippen molar-refractivity contribution in [3.05, 3.63) is 0 Å². The minimum absolute atomic E-state index is 0.0616. The highest BCUT2D eigenvalue weighted by molar-refractivity contribution is 7.99. The van der Waals surface area contributed by atoms with Crippen LogP contribution in [0.4, 0.5) is 4.79 Å². The maximum atomic E-state index is 12.2. The van der Waals surface area contributed by atoms with Crippen molar-refractivity contribution >= 4 is 17.8 Å². The topological polar surface area (TPSA) is 23.6 Å². The molecule has 0 aliphatic carbocycles. The molecular formula is C11H22N2OS. The van der Waals surface area contributed by atoms with E-state index >= 15 is 0 Å². The largest absolute Gasteiger partial charge is 0.321 e. The number of carbonyl (C=O) groups excluding carboxylic acids is 1. The third-order valence-corrected chi connectivity index (χ3v) is 3.78. The smallest absolute Gasteiger partial charge is 0.320 e. The summed E-state index contributed by atoms with van der Waals surface area (Å²) in [6, 6.07) is 0.190. The molecule has 1 fully saturated rings. The van der Waals surface area contributed by atoms with Crippen LogP contribution in [-0.4, -0.2) is 46.1 Å². The molecule has 2 amide bonds. The molecule has 0 spiro atoms. The molecule has 3 nitrogen and oxygen atoms in total. The molecule has 0 aromatic rings. The molecule has 1 unspecified atom stereocenters. The molecule has 0 aromatic heterocycles. The second-order valence-electron chi connectivity index (χ2n) is 4.99. The Morgan fingerprint density at radius 2 is 1.93 bits per heavy atom. The summed E-state index contributed by atoms with van der Waals surface area (Å²) in [6.07, 6.45) is 3.13. The summed E-state index contributed by atoms with van der Waals surface area (Å²) in [5.74, 6) is 0. The van der Waals surface area contributed by atoms with Crippen LogP contribution in [0.25, 0.3) is 0 Å². The van der Waals surface area contributed by atoms with Crippen molar-refractivity contribution in [3.63, 3.8) is 0 Å². The maximum Gasteiger partial charge on any atom is 0.321 e. The van der Waals surface area contributed by atoms with Gasteiger partial charge in [-0.15, -0.1) is 11.8 Å². The Morgan fingerprint density at radius 1 is 1.33 bits per heavy atom. The number of nitrogens with zero attached hydrogens (tertiary/aromatic N) is 2. The molecule has 1 aliphatic rings. The monoisotopic (exact) mass is 230 g/mol. The molecule has 1 saturated heterocycles. The molecule has 1 heterocycles. The lowest BCUT2D eigenvalue weighted by Gasteiger charge is -2.44. The molecule has 0 saturated carbocycles. The van der Waals surface area contributed by atoms with Gasteiger partial charge in [0.25, 0.3) is 0 Å². The van der Waals surface area contributed by atoms with Crippen LogP contribution in [0.1, 0.15) is 34.1 Å². The maximum absolute atomic E-state index is 12.2. The van der Waals surface area contributed by atoms with E-state index in [1.165, 1.54) is 0 Å². The van der Waals surface area contributed by atoms with E-state index in [0.29, 0.717) is 0 Å². The predicted molar refractivity (Wildman–Crippen MR) is 66.2 cm³/mol. The Labute approximate surface area is 97.2 Å². The van der Waals surface area contributed by atoms with Crippen molar-refractivity contribution in [2.24, 2.45) is 0 Å². The highest BCUT2D eigenvalue weighted by Crippen LogP contribution is 2.24. The summed E-state index contributed by atoms with van der Waals surface area (Å²) in [5, 5.41) is 0.280. The third kappa shape index (κ3) is 2.80. The molecule has 0 N–H and O–H groups in total. The lowest BCUT2D eigenvalue weighted by Crippen LogP contribution is -2.57. The summed E-state index contributed by atoms with van der Waals surface area (Å²) >= 11 is 1.73. The van der Waals surface area contributed by atoms with Crippen LogP contribution in [0.3, 0.4) is 0 Å². The first-order valence-electron chi connectivity index (χ1n) is 5.49. The van der Waals surface area contributed by atoms with E-state index in [0.717, 1.165) is 19.5 Å². The van der Waals surface area contributed by atoms with Gasteiger partial charge < -0.3 is 9.80 Å². The molecule has 0 aromatic carbocycles. The standard InChI is InChI=1S/C11H22N2OS/c1-9(15-5)12-7-6-8-13(10(12)14)11(2,3)4/h9H,6-8H2,1-5H3. The summed E-state index contributed by atoms with van der Waals surface area (Å²) in [4.78, 5) is 16.2. The van der Waals surface area contributed by atoms with Crippen LogP contribution in [0, 0.1) is 0 Å². The van der Waals surface area contributed by atoms with Gasteiger partial charge in [-0.1, -0.05) is 0 Å². The van der Waals surface area contributed by atoms with E-state index in [2.05, 4.69) is 27.7 Å². The molecule has 1 rings (SSSR count). The van der Waals surface area contributed by atoms with Crippen molar-refractivity contribution in [3.8, 4) is 0 Å². The van der Waals surface area contributed by atoms with Crippen LogP contribution in [0.2, 0.25) is 0 Å². The van der Waals surface area contributed by atoms with E-state index in [4.69, 9.17) is 0 Å². The Hall–Kier alpha value is -0.380. The van der Waals surface area contributed by atoms with Crippen LogP contribution in [0.5, 0.6) is 0 Å². The van der Waals surface area contributed by atoms with Gasteiger partial charge in [0.1, 0.15) is 0 Å². The van der Waals surface area contributed by atoms with Crippen LogP contribution in [0.15, 0.2) is 0 Å². The number of thioether (sulfide) groups is 1. The summed E-state index contributed by atoms with van der Waals surface area (Å²) in [6.45, 7) is 10.2. The molecule has 1 aliphatic heterocycles. The van der Waals surface area contributed by atoms with Gasteiger partial charge >= 0.3 is 6.03 Å². The van der Waals surface area contributed by atoms with Gasteiger partial charge in [-0.2, -0.15) is 0 Å². The number of hydrogen-bond donors (Lipinski definition) is 0. The third-order valence-electron chi connectivity index (χ3n) is 2.85. The highest BCUT2D eigenvalue weighted by atomic mass is 32.2. The predicted octanol–water partition coefficient (Wildman–Crippen LogP) is 2.62. The zero-order valence-corrected chi connectivity index (χ0v) is 11.2. The second kappa shape index (κ2) is 4.64. The normalized spacial score (nSPS) is 20.7. The minimum Gasteiger partial charge on any atom is -0.320 e. The van der Waals surface area contributed by atoms with Gasteiger partial charge in [0, 0.05) is 18.6 Å². The zero-order chi connectivity index (χ0) is 11.6. The Kier molecular flexibility index (Phi) is 3.93. The van der Waals surface area contributed by atoms with Gasteiger partial charge in [0.2, 0.25) is 0 Å². The van der Waals surface area contributed by atoms with Crippen LogP contribution in [-0.2, 0) is 0 Å². The van der Waals surface area contributed by atoms with Crippen molar-refractivity contribution in [1.29, 1.82) is 0 Å². The average molecular weight is 230 g/mol. The summed E-state index contributed by atoms with van der Waals surface area (Å²) < 4.78 is 0. The lowest BCUT2D eigenvalue weighted by atomic mass is 10.0. The molecule has 4 heteroatoms. The van der Waals surface area contributed by atoms with Gasteiger partial charge in [-0.05, 0) is 40.4 Å². The molecule has 88 valence electrons. The second-order valence-corrected chi connectivity index (χ2v) is 6.14. The van der Waals surface area contributed by atoms with E-state index < -0.39 is 0 Å². The number of rotatable bonds is 2. The molecule has 1 atom stereocenters. The SMILES string of the molecule is CSC(C)N1CCCN(C(C)(C)C)C1=O. The van der Waals surface area contributed by atoms with E-state index in [1.54, 1.807) is 11.8 Å². The number of urea groups is 1. The van der Waals surface area contributed by atoms with E-state index in [9.17, 15) is 4.79 Å². The van der Waals surface area contributed by atoms with E-state index in [1.807, 2.05) is 16.1 Å². The Balaban J connectivity index is 2.76. The fraction of sp³-hybridized carbons (Fsp3) is 0.909. The Bertz CT molecular complexity index is 237. The zero-order valence-electron chi connectivity index (χ0n) is 10.4. The first-order valence-corrected chi connectivity index (χ1v) is 6.77. The Morgan fingerprint density at radius 3 is 2.40 bits per heavy atom. The average Bonchev–Trinajstić information content (AvgIpc) is 2.15. The van der Waals surface area contributed by atoms with Crippen LogP contribution >= 0.6 is 11.8 Å². The lowest BCUT2D eigenvalue weighted by molar-refractivity contribution is 0.0829. The van der Waals surface area contributed by atoms with Gasteiger partial charge in [0.05, 0.1) is 5.37 Å². The number of hydrogen-bond acceptors (Lipinski definition) is 2. The first kappa shape index (κ1) is 12.7. The number of amides is 2. The van der Waals surface area contributed by atoms with Crippen molar-refractivity contribution in [2.45, 2.75) is 45.0 Å². The van der Waals surface area contributed by atoms with Crippen molar-refractivity contribution in [1.82, 2.24) is 9.80 Å². The van der Waals surface area contributed by atoms with Crippen molar-refractivity contribution in [2.75, 3.05) is 19.3 Å². The quantitative estimate of drug-likeness (QED) is 0.728. The summed E-state index contributed by atoms with van der Waals surface area (Å²) in [7, 11) is 0. The fourth-order valence-corrected chi connectivity index (χ4v) is 2.28. The van der Waals surface area contributed by atoms with Gasteiger partial charge in [-0.25, -0.2) is 4.79 Å². The highest BCUT2D eigenvalue weighted by Gasteiger charge is 2.34. The van der Waals surface area contributed by atoms with E-state index in [-0.39, 0.29) is 16.9 Å². The van der Waals surface area contributed by atoms with Gasteiger partial charge in [0.15, 0.2) is 0 Å². The molecular weight excluding hydrogens is 208 g/mol. The summed E-state index contributed by atoms with van der Waals surface area (Å²) in [5.41, 5.74) is -0.0616. The molecule has 15 heavy (non-hydrogen) atoms. The van der Waals surface area contributed by atoms with Gasteiger partial charge in [-0.3, -0.25) is 0 Å². The molecule has 0 radical (unpaired) electrons. The fourth-order valence-electron chi connectivity index (χ4n) is 1.83. The van der Waals surface area contributed by atoms with Crippen LogP contribution < -0.4 is 0 Å². The molecule has 0 bridgehead atoms. The minimum atomic E-state index is -0.0616. The first-order chi connectivity index (χ1) is 6.88. The number of carbonyl (C=O) groups is 1. The van der Waals surface area contributed by atoms with Crippen molar-refractivity contribution < 1.29 is 4.79 Å².